The van der Waals surface area contributed by atoms with Crippen molar-refractivity contribution in [1.29, 1.82) is 0 Å². The van der Waals surface area contributed by atoms with Crippen molar-refractivity contribution in [3.63, 3.8) is 0 Å². The summed E-state index contributed by atoms with van der Waals surface area (Å²) in [5, 5.41) is 2.89. The zero-order valence-corrected chi connectivity index (χ0v) is 15.2. The van der Waals surface area contributed by atoms with Crippen LogP contribution in [0.2, 0.25) is 0 Å². The summed E-state index contributed by atoms with van der Waals surface area (Å²) in [6.07, 6.45) is 1.25. The fourth-order valence-corrected chi connectivity index (χ4v) is 2.78. The molecule has 1 atom stereocenters. The van der Waals surface area contributed by atoms with Crippen molar-refractivity contribution in [2.45, 2.75) is 39.3 Å². The molecule has 2 aromatic rings. The number of benzene rings is 2. The SMILES string of the molecule is CCCNC(=O)[C@H](Cc1ccccc1)N(Cc1ccc(F)cc1)C(C)=O. The van der Waals surface area contributed by atoms with Gasteiger partial charge in [0.1, 0.15) is 11.9 Å². The van der Waals surface area contributed by atoms with Crippen molar-refractivity contribution in [1.82, 2.24) is 10.2 Å². The summed E-state index contributed by atoms with van der Waals surface area (Å²) < 4.78 is 13.2. The first-order valence-corrected chi connectivity index (χ1v) is 8.84. The number of rotatable bonds is 8. The predicted molar refractivity (Wildman–Crippen MR) is 99.9 cm³/mol. The Morgan fingerprint density at radius 2 is 1.69 bits per heavy atom. The Morgan fingerprint density at radius 3 is 2.27 bits per heavy atom. The Hall–Kier alpha value is -2.69. The van der Waals surface area contributed by atoms with Crippen LogP contribution in [0.5, 0.6) is 0 Å². The summed E-state index contributed by atoms with van der Waals surface area (Å²) in [4.78, 5) is 26.6. The number of hydrogen-bond acceptors (Lipinski definition) is 2. The molecule has 0 saturated heterocycles. The Kier molecular flexibility index (Phi) is 7.33. The van der Waals surface area contributed by atoms with Crippen LogP contribution in [0.3, 0.4) is 0 Å². The van der Waals surface area contributed by atoms with E-state index in [0.717, 1.165) is 17.5 Å². The van der Waals surface area contributed by atoms with Gasteiger partial charge in [-0.3, -0.25) is 9.59 Å². The maximum absolute atomic E-state index is 13.2. The van der Waals surface area contributed by atoms with Crippen LogP contribution >= 0.6 is 0 Å². The number of carbonyl (C=O) groups excluding carboxylic acids is 2. The summed E-state index contributed by atoms with van der Waals surface area (Å²) in [7, 11) is 0. The van der Waals surface area contributed by atoms with E-state index in [1.54, 1.807) is 17.0 Å². The van der Waals surface area contributed by atoms with Gasteiger partial charge < -0.3 is 10.2 Å². The zero-order valence-electron chi connectivity index (χ0n) is 15.2. The van der Waals surface area contributed by atoms with E-state index in [0.29, 0.717) is 13.0 Å². The van der Waals surface area contributed by atoms with E-state index >= 15 is 0 Å². The molecule has 0 fully saturated rings. The first-order chi connectivity index (χ1) is 12.5. The number of carbonyl (C=O) groups is 2. The minimum atomic E-state index is -0.619. The second-order valence-electron chi connectivity index (χ2n) is 6.27. The summed E-state index contributed by atoms with van der Waals surface area (Å²) in [5.74, 6) is -0.695. The van der Waals surface area contributed by atoms with Crippen LogP contribution in [0.25, 0.3) is 0 Å². The van der Waals surface area contributed by atoms with Gasteiger partial charge >= 0.3 is 0 Å². The van der Waals surface area contributed by atoms with Crippen molar-refractivity contribution >= 4 is 11.8 Å². The number of amides is 2. The molecule has 138 valence electrons. The van der Waals surface area contributed by atoms with E-state index in [4.69, 9.17) is 0 Å². The fraction of sp³-hybridized carbons (Fsp3) is 0.333. The molecule has 0 aliphatic heterocycles. The summed E-state index contributed by atoms with van der Waals surface area (Å²) >= 11 is 0. The molecule has 0 spiro atoms. The highest BCUT2D eigenvalue weighted by Gasteiger charge is 2.28. The van der Waals surface area contributed by atoms with Gasteiger partial charge in [-0.2, -0.15) is 0 Å². The zero-order chi connectivity index (χ0) is 18.9. The molecular formula is C21H25FN2O2. The monoisotopic (exact) mass is 356 g/mol. The molecule has 5 heteroatoms. The lowest BCUT2D eigenvalue weighted by Gasteiger charge is -2.30. The molecule has 1 N–H and O–H groups in total. The lowest BCUT2D eigenvalue weighted by molar-refractivity contribution is -0.139. The van der Waals surface area contributed by atoms with E-state index in [1.165, 1.54) is 19.1 Å². The minimum Gasteiger partial charge on any atom is -0.354 e. The fourth-order valence-electron chi connectivity index (χ4n) is 2.78. The number of hydrogen-bond donors (Lipinski definition) is 1. The molecule has 0 aliphatic rings. The van der Waals surface area contributed by atoms with E-state index < -0.39 is 6.04 Å². The van der Waals surface area contributed by atoms with Gasteiger partial charge in [0.2, 0.25) is 11.8 Å². The topological polar surface area (TPSA) is 49.4 Å². The van der Waals surface area contributed by atoms with Gasteiger partial charge in [0.25, 0.3) is 0 Å². The van der Waals surface area contributed by atoms with Gasteiger partial charge in [0.15, 0.2) is 0 Å². The molecule has 2 rings (SSSR count). The third kappa shape index (κ3) is 5.69. The highest BCUT2D eigenvalue weighted by molar-refractivity contribution is 5.87. The number of nitrogens with zero attached hydrogens (tertiary/aromatic N) is 1. The second-order valence-corrected chi connectivity index (χ2v) is 6.27. The predicted octanol–water partition coefficient (Wildman–Crippen LogP) is 3.31. The van der Waals surface area contributed by atoms with E-state index in [2.05, 4.69) is 5.32 Å². The molecule has 0 aliphatic carbocycles. The molecule has 2 aromatic carbocycles. The van der Waals surface area contributed by atoms with Crippen LogP contribution in [0.1, 0.15) is 31.4 Å². The first-order valence-electron chi connectivity index (χ1n) is 8.84. The lowest BCUT2D eigenvalue weighted by atomic mass is 10.0. The Labute approximate surface area is 154 Å². The van der Waals surface area contributed by atoms with Crippen molar-refractivity contribution in [2.75, 3.05) is 6.54 Å². The summed E-state index contributed by atoms with van der Waals surface area (Å²) in [6.45, 7) is 4.25. The Bertz CT molecular complexity index is 717. The molecule has 0 unspecified atom stereocenters. The highest BCUT2D eigenvalue weighted by atomic mass is 19.1. The summed E-state index contributed by atoms with van der Waals surface area (Å²) in [5.41, 5.74) is 1.76. The molecule has 26 heavy (non-hydrogen) atoms. The van der Waals surface area contributed by atoms with E-state index in [1.807, 2.05) is 37.3 Å². The van der Waals surface area contributed by atoms with E-state index in [-0.39, 0.29) is 24.2 Å². The lowest BCUT2D eigenvalue weighted by Crippen LogP contribution is -2.50. The van der Waals surface area contributed by atoms with Gasteiger partial charge in [-0.15, -0.1) is 0 Å². The third-order valence-electron chi connectivity index (χ3n) is 4.17. The van der Waals surface area contributed by atoms with Crippen molar-refractivity contribution in [3.05, 3.63) is 71.5 Å². The molecule has 0 bridgehead atoms. The van der Waals surface area contributed by atoms with E-state index in [9.17, 15) is 14.0 Å². The van der Waals surface area contributed by atoms with Crippen molar-refractivity contribution in [2.24, 2.45) is 0 Å². The van der Waals surface area contributed by atoms with Crippen molar-refractivity contribution in [3.8, 4) is 0 Å². The Balaban J connectivity index is 2.26. The van der Waals surface area contributed by atoms with Gasteiger partial charge in [0, 0.05) is 26.4 Å². The maximum atomic E-state index is 13.2. The van der Waals surface area contributed by atoms with Crippen LogP contribution in [0, 0.1) is 5.82 Å². The average Bonchev–Trinajstić information content (AvgIpc) is 2.64. The molecule has 0 heterocycles. The van der Waals surface area contributed by atoms with Crippen LogP contribution in [-0.4, -0.2) is 29.3 Å². The van der Waals surface area contributed by atoms with Gasteiger partial charge in [-0.1, -0.05) is 49.4 Å². The standard InChI is InChI=1S/C21H25FN2O2/c1-3-13-23-21(26)20(14-17-7-5-4-6-8-17)24(16(2)25)15-18-9-11-19(22)12-10-18/h4-12,20H,3,13-15H2,1-2H3,(H,23,26)/t20-/m0/s1. The van der Waals surface area contributed by atoms with Gasteiger partial charge in [-0.05, 0) is 29.7 Å². The summed E-state index contributed by atoms with van der Waals surface area (Å²) in [6, 6.07) is 15.0. The minimum absolute atomic E-state index is 0.173. The molecule has 2 amide bonds. The third-order valence-corrected chi connectivity index (χ3v) is 4.17. The van der Waals surface area contributed by atoms with Crippen molar-refractivity contribution < 1.29 is 14.0 Å². The smallest absolute Gasteiger partial charge is 0.243 e. The van der Waals surface area contributed by atoms with Crippen LogP contribution in [0.15, 0.2) is 54.6 Å². The second kappa shape index (κ2) is 9.70. The Morgan fingerprint density at radius 1 is 1.04 bits per heavy atom. The largest absolute Gasteiger partial charge is 0.354 e. The highest BCUT2D eigenvalue weighted by Crippen LogP contribution is 2.15. The van der Waals surface area contributed by atoms with Crippen LogP contribution in [0.4, 0.5) is 4.39 Å². The average molecular weight is 356 g/mol. The molecule has 0 aromatic heterocycles. The number of halogens is 1. The van der Waals surface area contributed by atoms with Crippen LogP contribution < -0.4 is 5.32 Å². The number of nitrogens with one attached hydrogen (secondary N) is 1. The molecule has 0 radical (unpaired) electrons. The normalized spacial score (nSPS) is 11.7. The maximum Gasteiger partial charge on any atom is 0.243 e. The molecule has 0 saturated carbocycles. The molecular weight excluding hydrogens is 331 g/mol. The van der Waals surface area contributed by atoms with Crippen LogP contribution in [-0.2, 0) is 22.6 Å². The van der Waals surface area contributed by atoms with Gasteiger partial charge in [-0.25, -0.2) is 4.39 Å². The van der Waals surface area contributed by atoms with Gasteiger partial charge in [0.05, 0.1) is 0 Å². The quantitative estimate of drug-likeness (QED) is 0.789. The molecule has 4 nitrogen and oxygen atoms in total. The first kappa shape index (κ1) is 19.6.